The average molecular weight is 206 g/mol. The van der Waals surface area contributed by atoms with E-state index in [1.165, 1.54) is 0 Å². The topological polar surface area (TPSA) is 135 Å². The van der Waals surface area contributed by atoms with E-state index in [-0.39, 0.29) is 6.29 Å². The van der Waals surface area contributed by atoms with Gasteiger partial charge in [-0.1, -0.05) is 0 Å². The molecule has 4 atom stereocenters. The molecule has 0 bridgehead atoms. The van der Waals surface area contributed by atoms with Crippen LogP contribution in [0.2, 0.25) is 0 Å². The van der Waals surface area contributed by atoms with Gasteiger partial charge in [0.1, 0.15) is 18.3 Å². The summed E-state index contributed by atoms with van der Waals surface area (Å²) in [5.74, 6) is -0.339. The summed E-state index contributed by atoms with van der Waals surface area (Å²) < 4.78 is 0. The Labute approximate surface area is 78.5 Å². The first kappa shape index (κ1) is 12.8. The number of aliphatic hydroxyl groups excluding tert-OH is 5. The Balaban J connectivity index is 4.53. The molecule has 0 spiro atoms. The first-order valence-electron chi connectivity index (χ1n) is 3.57. The Morgan fingerprint density at radius 1 is 1.14 bits per heavy atom. The number of hydrogen-bond donors (Lipinski definition) is 5. The van der Waals surface area contributed by atoms with Crippen molar-refractivity contribution in [3.63, 3.8) is 0 Å². The van der Waals surface area contributed by atoms with E-state index < -0.39 is 30.2 Å². The normalized spacial score (nSPS) is 18.9. The van der Waals surface area contributed by atoms with Crippen molar-refractivity contribution in [2.45, 2.75) is 24.4 Å². The average Bonchev–Trinajstić information content (AvgIpc) is 2.23. The van der Waals surface area contributed by atoms with Crippen molar-refractivity contribution in [2.75, 3.05) is 0 Å². The second-order valence-corrected chi connectivity index (χ2v) is 2.54. The van der Waals surface area contributed by atoms with Crippen LogP contribution < -0.4 is 0 Å². The Kier molecular flexibility index (Phi) is 5.00. The maximum absolute atomic E-state index is 9.96. The minimum Gasteiger partial charge on any atom is -0.500 e. The summed E-state index contributed by atoms with van der Waals surface area (Å²) in [7, 11) is 0. The van der Waals surface area contributed by atoms with E-state index in [1.807, 2.05) is 0 Å². The van der Waals surface area contributed by atoms with Crippen molar-refractivity contribution in [2.24, 2.45) is 0 Å². The van der Waals surface area contributed by atoms with Crippen molar-refractivity contribution in [1.82, 2.24) is 0 Å². The quantitative estimate of drug-likeness (QED) is 0.182. The van der Waals surface area contributed by atoms with E-state index >= 15 is 0 Å². The summed E-state index contributed by atoms with van der Waals surface area (Å²) in [5.41, 5.74) is 0. The summed E-state index contributed by atoms with van der Waals surface area (Å²) in [5, 5.41) is 44.2. The molecule has 0 amide bonds. The third kappa shape index (κ3) is 2.91. The van der Waals surface area contributed by atoms with Crippen molar-refractivity contribution in [1.29, 1.82) is 0 Å². The molecule has 0 aliphatic rings. The van der Waals surface area contributed by atoms with Crippen LogP contribution in [0.15, 0.2) is 5.76 Å². The Morgan fingerprint density at radius 2 is 1.64 bits per heavy atom. The maximum Gasteiger partial charge on any atom is 0.208 e. The van der Waals surface area contributed by atoms with Crippen LogP contribution in [0.5, 0.6) is 0 Å². The van der Waals surface area contributed by atoms with E-state index in [4.69, 9.17) is 25.5 Å². The first-order valence-corrected chi connectivity index (χ1v) is 3.57. The highest BCUT2D eigenvalue weighted by Crippen LogP contribution is 2.07. The fourth-order valence-electron chi connectivity index (χ4n) is 0.691. The standard InChI is InChI=1S/C7H10O7/c8-1-3(10)5(12)7(14)6(13)4(11)2-9/h1,3,5-7,10-14H. The van der Waals surface area contributed by atoms with Gasteiger partial charge in [-0.3, -0.25) is 0 Å². The van der Waals surface area contributed by atoms with Crippen LogP contribution >= 0.6 is 0 Å². The zero-order valence-corrected chi connectivity index (χ0v) is 6.94. The van der Waals surface area contributed by atoms with Crippen LogP contribution in [-0.2, 0) is 9.59 Å². The Bertz CT molecular complexity index is 244. The summed E-state index contributed by atoms with van der Waals surface area (Å²) in [4.78, 5) is 19.8. The molecule has 5 N–H and O–H groups in total. The van der Waals surface area contributed by atoms with Crippen LogP contribution in [0, 0.1) is 0 Å². The molecule has 0 fully saturated rings. The van der Waals surface area contributed by atoms with Crippen LogP contribution in [0.4, 0.5) is 0 Å². The van der Waals surface area contributed by atoms with Gasteiger partial charge >= 0.3 is 0 Å². The van der Waals surface area contributed by atoms with E-state index in [0.29, 0.717) is 0 Å². The highest BCUT2D eigenvalue weighted by atomic mass is 16.4. The zero-order valence-electron chi connectivity index (χ0n) is 6.94. The smallest absolute Gasteiger partial charge is 0.208 e. The SMILES string of the molecule is O=C=C(O)C(O)C(O)C(O)C(O)C=O. The monoisotopic (exact) mass is 206 g/mol. The number of aldehydes is 1. The fraction of sp³-hybridized carbons (Fsp3) is 0.571. The van der Waals surface area contributed by atoms with Gasteiger partial charge in [-0.25, -0.2) is 4.79 Å². The maximum atomic E-state index is 9.96. The molecule has 0 aliphatic heterocycles. The summed E-state index contributed by atoms with van der Waals surface area (Å²) in [6, 6.07) is 0. The van der Waals surface area contributed by atoms with E-state index in [2.05, 4.69) is 0 Å². The summed E-state index contributed by atoms with van der Waals surface area (Å²) in [6.45, 7) is 0. The van der Waals surface area contributed by atoms with E-state index in [9.17, 15) is 9.59 Å². The van der Waals surface area contributed by atoms with Gasteiger partial charge in [0.2, 0.25) is 5.76 Å². The summed E-state index contributed by atoms with van der Waals surface area (Å²) in [6.07, 6.45) is -8.15. The highest BCUT2D eigenvalue weighted by molar-refractivity contribution is 5.57. The minimum absolute atomic E-state index is 0.0672. The van der Waals surface area contributed by atoms with Crippen molar-refractivity contribution in [3.05, 3.63) is 5.76 Å². The third-order valence-corrected chi connectivity index (χ3v) is 1.55. The number of carbonyl (C=O) groups is 1. The molecule has 0 saturated carbocycles. The van der Waals surface area contributed by atoms with Gasteiger partial charge in [-0.2, -0.15) is 0 Å². The fourth-order valence-corrected chi connectivity index (χ4v) is 0.691. The second-order valence-electron chi connectivity index (χ2n) is 2.54. The van der Waals surface area contributed by atoms with Gasteiger partial charge in [0.15, 0.2) is 18.3 Å². The van der Waals surface area contributed by atoms with E-state index in [1.54, 1.807) is 0 Å². The molecule has 7 heteroatoms. The van der Waals surface area contributed by atoms with E-state index in [0.717, 1.165) is 5.94 Å². The lowest BCUT2D eigenvalue weighted by Crippen LogP contribution is -2.45. The van der Waals surface area contributed by atoms with Crippen LogP contribution in [0.3, 0.4) is 0 Å². The molecule has 0 aliphatic carbocycles. The number of aliphatic hydroxyl groups is 5. The van der Waals surface area contributed by atoms with Crippen molar-refractivity contribution >= 4 is 12.2 Å². The van der Waals surface area contributed by atoms with Crippen LogP contribution in [0.1, 0.15) is 0 Å². The van der Waals surface area contributed by atoms with Gasteiger partial charge in [-0.05, 0) is 0 Å². The lowest BCUT2D eigenvalue weighted by atomic mass is 10.0. The second kappa shape index (κ2) is 5.48. The molecule has 14 heavy (non-hydrogen) atoms. The largest absolute Gasteiger partial charge is 0.500 e. The first-order chi connectivity index (χ1) is 6.45. The summed E-state index contributed by atoms with van der Waals surface area (Å²) >= 11 is 0. The molecule has 0 rings (SSSR count). The van der Waals surface area contributed by atoms with Crippen molar-refractivity contribution < 1.29 is 35.1 Å². The molecule has 0 aromatic carbocycles. The molecular weight excluding hydrogens is 196 g/mol. The number of rotatable bonds is 5. The third-order valence-electron chi connectivity index (χ3n) is 1.55. The van der Waals surface area contributed by atoms with Gasteiger partial charge < -0.3 is 30.3 Å². The van der Waals surface area contributed by atoms with Gasteiger partial charge in [-0.15, -0.1) is 0 Å². The van der Waals surface area contributed by atoms with Crippen molar-refractivity contribution in [3.8, 4) is 0 Å². The Hall–Kier alpha value is -1.24. The number of carbonyl (C=O) groups excluding carboxylic acids is 2. The predicted molar refractivity (Wildman–Crippen MR) is 41.9 cm³/mol. The molecule has 0 aromatic rings. The van der Waals surface area contributed by atoms with Gasteiger partial charge in [0.05, 0.1) is 0 Å². The molecular formula is C7H10O7. The predicted octanol–water partition coefficient (Wildman–Crippen LogP) is -3.10. The molecule has 80 valence electrons. The molecule has 0 radical (unpaired) electrons. The highest BCUT2D eigenvalue weighted by Gasteiger charge is 2.32. The zero-order chi connectivity index (χ0) is 11.3. The lowest BCUT2D eigenvalue weighted by molar-refractivity contribution is -0.132. The molecule has 7 nitrogen and oxygen atoms in total. The van der Waals surface area contributed by atoms with Crippen LogP contribution in [0.25, 0.3) is 0 Å². The lowest BCUT2D eigenvalue weighted by Gasteiger charge is -2.22. The van der Waals surface area contributed by atoms with Crippen LogP contribution in [-0.4, -0.2) is 62.2 Å². The molecule has 4 unspecified atom stereocenters. The minimum atomic E-state index is -2.10. The molecule has 0 saturated heterocycles. The molecule has 0 aromatic heterocycles. The molecule has 0 heterocycles. The van der Waals surface area contributed by atoms with Gasteiger partial charge in [0.25, 0.3) is 0 Å². The Morgan fingerprint density at radius 3 is 2.00 bits per heavy atom. The van der Waals surface area contributed by atoms with Gasteiger partial charge in [0, 0.05) is 0 Å². The number of hydrogen-bond acceptors (Lipinski definition) is 7.